The van der Waals surface area contributed by atoms with Crippen molar-refractivity contribution < 1.29 is 57.9 Å². The zero-order valence-corrected chi connectivity index (χ0v) is 26.5. The van der Waals surface area contributed by atoms with Gasteiger partial charge < -0.3 is 39.8 Å². The Bertz CT molecular complexity index is 1720. The molecule has 252 valence electrons. The van der Waals surface area contributed by atoms with Crippen molar-refractivity contribution in [2.24, 2.45) is 0 Å². The Labute approximate surface area is 275 Å². The molecule has 3 aromatic rings. The predicted molar refractivity (Wildman–Crippen MR) is 172 cm³/mol. The molecule has 4 N–H and O–H groups in total. The number of para-hydroxylation sites is 1. The van der Waals surface area contributed by atoms with E-state index in [2.05, 4.69) is 10.6 Å². The van der Waals surface area contributed by atoms with Crippen LogP contribution >= 0.6 is 0 Å². The van der Waals surface area contributed by atoms with Gasteiger partial charge in [0.05, 0.1) is 35.7 Å². The van der Waals surface area contributed by atoms with Crippen LogP contribution in [0.2, 0.25) is 0 Å². The zero-order chi connectivity index (χ0) is 35.4. The highest BCUT2D eigenvalue weighted by molar-refractivity contribution is 6.29. The molecule has 0 radical (unpaired) electrons. The molecule has 3 rings (SSSR count). The minimum absolute atomic E-state index is 0.00950. The predicted octanol–water partition coefficient (Wildman–Crippen LogP) is 6.21. The molecule has 0 heterocycles. The summed E-state index contributed by atoms with van der Waals surface area (Å²) in [7, 11) is 0. The van der Waals surface area contributed by atoms with Gasteiger partial charge in [-0.2, -0.15) is 0 Å². The third-order valence-corrected chi connectivity index (χ3v) is 6.67. The number of anilines is 2. The lowest BCUT2D eigenvalue weighted by atomic mass is 9.93. The molecular formula is C34H34N2O12. The first-order valence-corrected chi connectivity index (χ1v) is 14.7. The summed E-state index contributed by atoms with van der Waals surface area (Å²) >= 11 is 0. The molecule has 14 nitrogen and oxygen atoms in total. The van der Waals surface area contributed by atoms with E-state index < -0.39 is 59.4 Å². The van der Waals surface area contributed by atoms with E-state index >= 15 is 0 Å². The average Bonchev–Trinajstić information content (AvgIpc) is 3.03. The maximum atomic E-state index is 14.0. The highest BCUT2D eigenvalue weighted by Gasteiger charge is 2.31. The summed E-state index contributed by atoms with van der Waals surface area (Å²) in [6.07, 6.45) is -3.31. The normalized spacial score (nSPS) is 12.1. The van der Waals surface area contributed by atoms with Crippen LogP contribution in [0.5, 0.6) is 0 Å². The van der Waals surface area contributed by atoms with E-state index in [1.165, 1.54) is 50.3 Å². The first-order valence-electron chi connectivity index (χ1n) is 14.7. The summed E-state index contributed by atoms with van der Waals surface area (Å²) < 4.78 is 20.4. The number of carboxylic acids is 2. The van der Waals surface area contributed by atoms with Crippen molar-refractivity contribution in [2.75, 3.05) is 23.8 Å². The molecule has 2 atom stereocenters. The van der Waals surface area contributed by atoms with Crippen LogP contribution in [0.4, 0.5) is 21.0 Å². The van der Waals surface area contributed by atoms with Crippen molar-refractivity contribution in [3.8, 4) is 0 Å². The average molecular weight is 663 g/mol. The van der Waals surface area contributed by atoms with Gasteiger partial charge in [0, 0.05) is 11.1 Å². The number of benzene rings is 3. The SMILES string of the molecule is CCOC(=O)OC(C)c1ccc(C(=O)O)c(NC(=O)C(=Cc2ccccc2)C(=O)Nc2ccccc2C(=O)O)c1C(C)OC(=O)OCC. The second-order valence-electron chi connectivity index (χ2n) is 9.91. The van der Waals surface area contributed by atoms with Gasteiger partial charge in [-0.3, -0.25) is 9.59 Å². The molecular weight excluding hydrogens is 628 g/mol. The molecule has 3 aromatic carbocycles. The van der Waals surface area contributed by atoms with Crippen molar-refractivity contribution in [1.29, 1.82) is 0 Å². The van der Waals surface area contributed by atoms with Crippen LogP contribution in [0.25, 0.3) is 6.08 Å². The number of ether oxygens (including phenoxy) is 4. The Morgan fingerprint density at radius 3 is 1.81 bits per heavy atom. The van der Waals surface area contributed by atoms with Gasteiger partial charge in [-0.25, -0.2) is 19.2 Å². The fourth-order valence-electron chi connectivity index (χ4n) is 4.56. The maximum absolute atomic E-state index is 14.0. The molecule has 0 saturated heterocycles. The monoisotopic (exact) mass is 662 g/mol. The molecule has 14 heteroatoms. The first kappa shape index (κ1) is 36.3. The Balaban J connectivity index is 2.19. The van der Waals surface area contributed by atoms with Crippen molar-refractivity contribution in [1.82, 2.24) is 0 Å². The van der Waals surface area contributed by atoms with Crippen molar-refractivity contribution in [3.63, 3.8) is 0 Å². The highest BCUT2D eigenvalue weighted by Crippen LogP contribution is 2.37. The largest absolute Gasteiger partial charge is 0.508 e. The van der Waals surface area contributed by atoms with Crippen LogP contribution in [-0.2, 0) is 28.5 Å². The minimum Gasteiger partial charge on any atom is -0.478 e. The summed E-state index contributed by atoms with van der Waals surface area (Å²) in [5.74, 6) is -4.94. The van der Waals surface area contributed by atoms with Crippen LogP contribution in [-0.4, -0.2) is 59.5 Å². The van der Waals surface area contributed by atoms with Gasteiger partial charge in [0.1, 0.15) is 17.8 Å². The first-order chi connectivity index (χ1) is 22.9. The second kappa shape index (κ2) is 16.9. The standard InChI is InChI=1S/C34H34N2O12/c1-5-45-33(43)47-19(3)22-16-17-24(32(41)42)28(27(22)20(4)48-34(44)46-6-2)36-30(38)25(18-21-12-8-7-9-13-21)29(37)35-26-15-11-10-14-23(26)31(39)40/h7-20H,5-6H2,1-4H3,(H,35,37)(H,36,38)(H,39,40)(H,41,42). The molecule has 0 aliphatic rings. The van der Waals surface area contributed by atoms with Crippen LogP contribution in [0.15, 0.2) is 72.3 Å². The lowest BCUT2D eigenvalue weighted by Crippen LogP contribution is -2.28. The number of hydrogen-bond acceptors (Lipinski definition) is 10. The highest BCUT2D eigenvalue weighted by atomic mass is 16.7. The lowest BCUT2D eigenvalue weighted by Gasteiger charge is -2.25. The summed E-state index contributed by atoms with van der Waals surface area (Å²) in [5, 5.41) is 24.6. The van der Waals surface area contributed by atoms with Crippen LogP contribution < -0.4 is 10.6 Å². The lowest BCUT2D eigenvalue weighted by molar-refractivity contribution is -0.118. The van der Waals surface area contributed by atoms with Crippen LogP contribution in [0, 0.1) is 0 Å². The van der Waals surface area contributed by atoms with Gasteiger partial charge >= 0.3 is 24.2 Å². The number of carboxylic acid groups (broad SMARTS) is 2. The Morgan fingerprint density at radius 2 is 1.23 bits per heavy atom. The number of hydrogen-bond donors (Lipinski definition) is 4. The molecule has 0 aliphatic carbocycles. The molecule has 0 bridgehead atoms. The third kappa shape index (κ3) is 9.42. The van der Waals surface area contributed by atoms with E-state index in [-0.39, 0.29) is 41.3 Å². The van der Waals surface area contributed by atoms with Crippen molar-refractivity contribution in [2.45, 2.75) is 39.9 Å². The Hall–Kier alpha value is -6.18. The zero-order valence-electron chi connectivity index (χ0n) is 26.5. The number of rotatable bonds is 13. The maximum Gasteiger partial charge on any atom is 0.508 e. The third-order valence-electron chi connectivity index (χ3n) is 6.67. The summed E-state index contributed by atoms with van der Waals surface area (Å²) in [5.41, 5.74) is -1.25. The molecule has 0 aromatic heterocycles. The second-order valence-corrected chi connectivity index (χ2v) is 9.91. The van der Waals surface area contributed by atoms with Crippen molar-refractivity contribution >= 4 is 53.5 Å². The van der Waals surface area contributed by atoms with Crippen LogP contribution in [0.1, 0.15) is 77.3 Å². The van der Waals surface area contributed by atoms with Gasteiger partial charge in [-0.05, 0) is 57.5 Å². The summed E-state index contributed by atoms with van der Waals surface area (Å²) in [4.78, 5) is 76.3. The van der Waals surface area contributed by atoms with Crippen LogP contribution in [0.3, 0.4) is 0 Å². The van der Waals surface area contributed by atoms with E-state index in [9.17, 15) is 39.0 Å². The van der Waals surface area contributed by atoms with Gasteiger partial charge in [0.15, 0.2) is 0 Å². The Kier molecular flexibility index (Phi) is 12.8. The molecule has 0 saturated carbocycles. The number of carbonyl (C=O) groups excluding carboxylic acids is 4. The molecule has 2 amide bonds. The molecule has 0 aliphatic heterocycles. The molecule has 48 heavy (non-hydrogen) atoms. The van der Waals surface area contributed by atoms with E-state index in [0.717, 1.165) is 6.07 Å². The van der Waals surface area contributed by atoms with Gasteiger partial charge in [-0.1, -0.05) is 48.5 Å². The Morgan fingerprint density at radius 1 is 0.688 bits per heavy atom. The van der Waals surface area contributed by atoms with Gasteiger partial charge in [-0.15, -0.1) is 0 Å². The summed E-state index contributed by atoms with van der Waals surface area (Å²) in [6.45, 7) is 5.92. The topological polar surface area (TPSA) is 204 Å². The van der Waals surface area contributed by atoms with Crippen molar-refractivity contribution in [3.05, 3.63) is 100 Å². The van der Waals surface area contributed by atoms with Gasteiger partial charge in [0.2, 0.25) is 0 Å². The van der Waals surface area contributed by atoms with E-state index in [4.69, 9.17) is 18.9 Å². The fraction of sp³-hybridized carbons (Fsp3) is 0.235. The minimum atomic E-state index is -1.49. The van der Waals surface area contributed by atoms with Gasteiger partial charge in [0.25, 0.3) is 11.8 Å². The number of amides is 2. The van der Waals surface area contributed by atoms with E-state index in [1.54, 1.807) is 44.2 Å². The smallest absolute Gasteiger partial charge is 0.478 e. The number of nitrogens with one attached hydrogen (secondary N) is 2. The number of carbonyl (C=O) groups is 6. The summed E-state index contributed by atoms with van der Waals surface area (Å²) in [6, 6.07) is 16.2. The van der Waals surface area contributed by atoms with E-state index in [0.29, 0.717) is 5.56 Å². The van der Waals surface area contributed by atoms with E-state index in [1.807, 2.05) is 0 Å². The molecule has 0 fully saturated rings. The quantitative estimate of drug-likeness (QED) is 0.0698. The molecule has 0 spiro atoms. The fourth-order valence-corrected chi connectivity index (χ4v) is 4.56. The molecule has 2 unspecified atom stereocenters. The number of aromatic carboxylic acids is 2.